The molecule has 132 valence electrons. The molecule has 0 fully saturated rings. The molecule has 6 nitrogen and oxygen atoms in total. The van der Waals surface area contributed by atoms with Gasteiger partial charge in [0.15, 0.2) is 5.76 Å². The molecule has 0 bridgehead atoms. The number of aryl methyl sites for hydroxylation is 3. The fraction of sp³-hybridized carbons (Fsp3) is 0.150. The zero-order valence-corrected chi connectivity index (χ0v) is 14.5. The number of rotatable bonds is 4. The maximum Gasteiger partial charge on any atom is 0.335 e. The van der Waals surface area contributed by atoms with Crippen LogP contribution in [0.15, 0.2) is 40.8 Å². The molecule has 2 aromatic carbocycles. The molecule has 6 heteroatoms. The number of aromatic nitrogens is 1. The Labute approximate surface area is 149 Å². The molecule has 0 aliphatic rings. The third kappa shape index (κ3) is 3.09. The molecule has 3 rings (SSSR count). The summed E-state index contributed by atoms with van der Waals surface area (Å²) in [7, 11) is 0. The molecule has 0 saturated carbocycles. The molecule has 0 aliphatic carbocycles. The van der Waals surface area contributed by atoms with Gasteiger partial charge in [0.2, 0.25) is 5.89 Å². The Morgan fingerprint density at radius 2 is 1.35 bits per heavy atom. The normalized spacial score (nSPS) is 10.7. The summed E-state index contributed by atoms with van der Waals surface area (Å²) in [6.45, 7) is 5.26. The Hall–Kier alpha value is -3.41. The Kier molecular flexibility index (Phi) is 4.34. The lowest BCUT2D eigenvalue weighted by atomic mass is 10.0. The van der Waals surface area contributed by atoms with Crippen molar-refractivity contribution < 1.29 is 24.2 Å². The van der Waals surface area contributed by atoms with Gasteiger partial charge in [0.05, 0.1) is 16.8 Å². The highest BCUT2D eigenvalue weighted by molar-refractivity contribution is 5.90. The average Bonchev–Trinajstić information content (AvgIpc) is 2.95. The van der Waals surface area contributed by atoms with Gasteiger partial charge in [-0.15, -0.1) is 0 Å². The lowest BCUT2D eigenvalue weighted by Crippen LogP contribution is -1.99. The van der Waals surface area contributed by atoms with Crippen LogP contribution in [-0.4, -0.2) is 27.1 Å². The summed E-state index contributed by atoms with van der Waals surface area (Å²) in [5.74, 6) is -1.01. The van der Waals surface area contributed by atoms with E-state index in [0.29, 0.717) is 34.0 Å². The number of benzene rings is 2. The van der Waals surface area contributed by atoms with Crippen LogP contribution in [0.4, 0.5) is 0 Å². The molecule has 1 heterocycles. The van der Waals surface area contributed by atoms with Gasteiger partial charge in [0.25, 0.3) is 0 Å². The highest BCUT2D eigenvalue weighted by atomic mass is 16.4. The van der Waals surface area contributed by atoms with Gasteiger partial charge < -0.3 is 14.6 Å². The summed E-state index contributed by atoms with van der Waals surface area (Å²) in [5.41, 5.74) is 3.82. The maximum atomic E-state index is 11.2. The Bertz CT molecular complexity index is 1030. The van der Waals surface area contributed by atoms with E-state index in [1.54, 1.807) is 51.1 Å². The van der Waals surface area contributed by atoms with E-state index in [1.807, 2.05) is 0 Å². The van der Waals surface area contributed by atoms with Crippen molar-refractivity contribution in [3.63, 3.8) is 0 Å². The lowest BCUT2D eigenvalue weighted by molar-refractivity contribution is 0.0685. The fourth-order valence-electron chi connectivity index (χ4n) is 2.87. The van der Waals surface area contributed by atoms with Crippen LogP contribution < -0.4 is 0 Å². The van der Waals surface area contributed by atoms with Gasteiger partial charge in [-0.05, 0) is 62.2 Å². The second-order valence-corrected chi connectivity index (χ2v) is 6.10. The summed E-state index contributed by atoms with van der Waals surface area (Å²) in [5, 5.41) is 18.3. The van der Waals surface area contributed by atoms with E-state index < -0.39 is 11.9 Å². The monoisotopic (exact) mass is 351 g/mol. The number of nitrogens with zero attached hydrogens (tertiary/aromatic N) is 1. The average molecular weight is 351 g/mol. The Morgan fingerprint density at radius 3 is 1.85 bits per heavy atom. The van der Waals surface area contributed by atoms with Crippen molar-refractivity contribution in [1.29, 1.82) is 0 Å². The van der Waals surface area contributed by atoms with Crippen molar-refractivity contribution in [3.05, 3.63) is 64.3 Å². The van der Waals surface area contributed by atoms with Gasteiger partial charge in [-0.3, -0.25) is 0 Å². The number of oxazole rings is 1. The lowest BCUT2D eigenvalue weighted by Gasteiger charge is -2.04. The first-order valence-corrected chi connectivity index (χ1v) is 7.94. The maximum absolute atomic E-state index is 11.2. The van der Waals surface area contributed by atoms with Crippen molar-refractivity contribution in [2.45, 2.75) is 20.8 Å². The van der Waals surface area contributed by atoms with Gasteiger partial charge in [0, 0.05) is 11.1 Å². The molecule has 0 atom stereocenters. The van der Waals surface area contributed by atoms with E-state index >= 15 is 0 Å². The van der Waals surface area contributed by atoms with Crippen molar-refractivity contribution in [2.24, 2.45) is 0 Å². The van der Waals surface area contributed by atoms with E-state index in [0.717, 1.165) is 5.56 Å². The van der Waals surface area contributed by atoms with Crippen LogP contribution in [0.3, 0.4) is 0 Å². The van der Waals surface area contributed by atoms with Crippen molar-refractivity contribution in [3.8, 4) is 22.8 Å². The number of carboxylic acids is 2. The van der Waals surface area contributed by atoms with Crippen molar-refractivity contribution in [1.82, 2.24) is 4.98 Å². The number of hydrogen-bond donors (Lipinski definition) is 2. The van der Waals surface area contributed by atoms with Crippen LogP contribution in [0.25, 0.3) is 22.8 Å². The SMILES string of the molecule is Cc1cc(-c2nc(C)c(-c3ccc(C(=O)O)c(C)c3)o2)ccc1C(=O)O. The van der Waals surface area contributed by atoms with Gasteiger partial charge in [-0.2, -0.15) is 0 Å². The van der Waals surface area contributed by atoms with Crippen LogP contribution in [-0.2, 0) is 0 Å². The molecule has 0 spiro atoms. The second kappa shape index (κ2) is 6.48. The summed E-state index contributed by atoms with van der Waals surface area (Å²) >= 11 is 0. The van der Waals surface area contributed by atoms with Crippen LogP contribution >= 0.6 is 0 Å². The summed E-state index contributed by atoms with van der Waals surface area (Å²) < 4.78 is 5.89. The quantitative estimate of drug-likeness (QED) is 0.725. The first-order valence-electron chi connectivity index (χ1n) is 7.94. The number of hydrogen-bond acceptors (Lipinski definition) is 4. The minimum Gasteiger partial charge on any atom is -0.478 e. The summed E-state index contributed by atoms with van der Waals surface area (Å²) in [4.78, 5) is 26.7. The predicted molar refractivity (Wildman–Crippen MR) is 95.5 cm³/mol. The molecular weight excluding hydrogens is 334 g/mol. The van der Waals surface area contributed by atoms with E-state index in [2.05, 4.69) is 4.98 Å². The van der Waals surface area contributed by atoms with E-state index in [9.17, 15) is 9.59 Å². The van der Waals surface area contributed by atoms with Gasteiger partial charge in [0.1, 0.15) is 0 Å². The number of carbonyl (C=O) groups is 2. The molecule has 0 aliphatic heterocycles. The summed E-state index contributed by atoms with van der Waals surface area (Å²) in [6, 6.07) is 9.88. The molecule has 3 aromatic rings. The second-order valence-electron chi connectivity index (χ2n) is 6.10. The first kappa shape index (κ1) is 17.4. The predicted octanol–water partition coefficient (Wildman–Crippen LogP) is 4.33. The third-order valence-corrected chi connectivity index (χ3v) is 4.22. The van der Waals surface area contributed by atoms with Crippen LogP contribution in [0.5, 0.6) is 0 Å². The fourth-order valence-corrected chi connectivity index (χ4v) is 2.87. The molecule has 0 amide bonds. The minimum absolute atomic E-state index is 0.233. The molecule has 2 N–H and O–H groups in total. The number of carboxylic acid groups (broad SMARTS) is 2. The van der Waals surface area contributed by atoms with Crippen LogP contribution in [0.2, 0.25) is 0 Å². The topological polar surface area (TPSA) is 101 Å². The third-order valence-electron chi connectivity index (χ3n) is 4.22. The smallest absolute Gasteiger partial charge is 0.335 e. The molecule has 26 heavy (non-hydrogen) atoms. The van der Waals surface area contributed by atoms with Crippen LogP contribution in [0, 0.1) is 20.8 Å². The van der Waals surface area contributed by atoms with Gasteiger partial charge >= 0.3 is 11.9 Å². The molecule has 0 saturated heterocycles. The first-order chi connectivity index (χ1) is 12.3. The molecule has 1 aromatic heterocycles. The van der Waals surface area contributed by atoms with Crippen LogP contribution in [0.1, 0.15) is 37.5 Å². The summed E-state index contributed by atoms with van der Waals surface area (Å²) in [6.07, 6.45) is 0. The molecule has 0 radical (unpaired) electrons. The van der Waals surface area contributed by atoms with E-state index in [-0.39, 0.29) is 11.1 Å². The molecule has 0 unspecified atom stereocenters. The largest absolute Gasteiger partial charge is 0.478 e. The van der Waals surface area contributed by atoms with E-state index in [1.165, 1.54) is 6.07 Å². The Balaban J connectivity index is 2.02. The molecular formula is C20H17NO5. The van der Waals surface area contributed by atoms with Gasteiger partial charge in [-0.25, -0.2) is 14.6 Å². The highest BCUT2D eigenvalue weighted by Crippen LogP contribution is 2.31. The zero-order valence-electron chi connectivity index (χ0n) is 14.5. The zero-order chi connectivity index (χ0) is 19.0. The standard InChI is InChI=1S/C20H17NO5/c1-10-8-13(4-6-15(10)19(22)23)17-12(3)21-18(26-17)14-5-7-16(20(24)25)11(2)9-14/h4-9H,1-3H3,(H,22,23)(H,24,25). The van der Waals surface area contributed by atoms with Crippen molar-refractivity contribution in [2.75, 3.05) is 0 Å². The highest BCUT2D eigenvalue weighted by Gasteiger charge is 2.17. The van der Waals surface area contributed by atoms with E-state index in [4.69, 9.17) is 14.6 Å². The number of aromatic carboxylic acids is 2. The Morgan fingerprint density at radius 1 is 0.846 bits per heavy atom. The van der Waals surface area contributed by atoms with Gasteiger partial charge in [-0.1, -0.05) is 6.07 Å². The van der Waals surface area contributed by atoms with Crippen molar-refractivity contribution >= 4 is 11.9 Å². The minimum atomic E-state index is -0.979.